The first-order valence-electron chi connectivity index (χ1n) is 10.4. The predicted molar refractivity (Wildman–Crippen MR) is 129 cm³/mol. The van der Waals surface area contributed by atoms with Gasteiger partial charge in [-0.15, -0.1) is 6.58 Å². The van der Waals surface area contributed by atoms with E-state index < -0.39 is 21.8 Å². The Labute approximate surface area is 198 Å². The molecule has 3 aromatic carbocycles. The lowest BCUT2D eigenvalue weighted by molar-refractivity contribution is -0.123. The largest absolute Gasteiger partial charge is 0.483 e. The van der Waals surface area contributed by atoms with E-state index in [0.717, 1.165) is 11.1 Å². The first-order chi connectivity index (χ1) is 16.4. The zero-order valence-electron chi connectivity index (χ0n) is 18.4. The minimum Gasteiger partial charge on any atom is -0.483 e. The third-order valence-electron chi connectivity index (χ3n) is 4.71. The number of benzene rings is 3. The Morgan fingerprint density at radius 2 is 1.65 bits per heavy atom. The maximum Gasteiger partial charge on any atom is 0.276 e. The summed E-state index contributed by atoms with van der Waals surface area (Å²) in [5.74, 6) is -0.671. The highest BCUT2D eigenvalue weighted by Crippen LogP contribution is 2.21. The van der Waals surface area contributed by atoms with Crippen molar-refractivity contribution in [3.8, 4) is 5.75 Å². The Hall–Kier alpha value is -3.95. The van der Waals surface area contributed by atoms with Crippen molar-refractivity contribution in [3.63, 3.8) is 0 Å². The number of rotatable bonds is 10. The summed E-state index contributed by atoms with van der Waals surface area (Å²) in [5, 5.41) is 0. The van der Waals surface area contributed by atoms with Gasteiger partial charge in [-0.1, -0.05) is 60.7 Å². The predicted octanol–water partition coefficient (Wildman–Crippen LogP) is 2.58. The molecule has 0 saturated carbocycles. The van der Waals surface area contributed by atoms with Crippen molar-refractivity contribution >= 4 is 21.8 Å². The van der Waals surface area contributed by atoms with Crippen LogP contribution in [-0.2, 0) is 21.2 Å². The molecule has 2 amide bonds. The van der Waals surface area contributed by atoms with Crippen molar-refractivity contribution < 1.29 is 22.7 Å². The van der Waals surface area contributed by atoms with Crippen LogP contribution in [0.15, 0.2) is 96.4 Å². The number of sulfonamides is 1. The van der Waals surface area contributed by atoms with E-state index in [1.807, 2.05) is 48.5 Å². The van der Waals surface area contributed by atoms with E-state index in [-0.39, 0.29) is 23.6 Å². The normalized spacial score (nSPS) is 10.8. The van der Waals surface area contributed by atoms with E-state index in [9.17, 15) is 18.0 Å². The van der Waals surface area contributed by atoms with E-state index in [0.29, 0.717) is 12.2 Å². The number of para-hydroxylation sites is 1. The molecule has 0 aliphatic carbocycles. The quantitative estimate of drug-likeness (QED) is 0.306. The SMILES string of the molecule is C=CCNS(=O)(=O)c1cccc(C(=O)NNC(=O)COc2ccccc2Cc2ccccc2)c1. The van der Waals surface area contributed by atoms with Gasteiger partial charge in [-0.2, -0.15) is 0 Å². The van der Waals surface area contributed by atoms with Crippen LogP contribution in [0.4, 0.5) is 0 Å². The van der Waals surface area contributed by atoms with Crippen LogP contribution in [0.3, 0.4) is 0 Å². The van der Waals surface area contributed by atoms with E-state index in [1.165, 1.54) is 30.3 Å². The fourth-order valence-corrected chi connectivity index (χ4v) is 4.08. The lowest BCUT2D eigenvalue weighted by Gasteiger charge is -2.12. The van der Waals surface area contributed by atoms with E-state index in [4.69, 9.17) is 4.74 Å². The highest BCUT2D eigenvalue weighted by molar-refractivity contribution is 7.89. The van der Waals surface area contributed by atoms with Crippen molar-refractivity contribution in [2.75, 3.05) is 13.2 Å². The molecular weight excluding hydrogens is 454 g/mol. The summed E-state index contributed by atoms with van der Waals surface area (Å²) < 4.78 is 32.4. The minimum absolute atomic E-state index is 0.0588. The van der Waals surface area contributed by atoms with Crippen LogP contribution >= 0.6 is 0 Å². The summed E-state index contributed by atoms with van der Waals surface area (Å²) >= 11 is 0. The number of hydrazine groups is 1. The first kappa shape index (κ1) is 24.7. The zero-order valence-corrected chi connectivity index (χ0v) is 19.2. The van der Waals surface area contributed by atoms with Crippen LogP contribution in [-0.4, -0.2) is 33.4 Å². The zero-order chi connectivity index (χ0) is 24.4. The molecule has 0 spiro atoms. The third-order valence-corrected chi connectivity index (χ3v) is 6.13. The van der Waals surface area contributed by atoms with Gasteiger partial charge in [0.05, 0.1) is 4.90 Å². The van der Waals surface area contributed by atoms with Gasteiger partial charge in [0.15, 0.2) is 6.61 Å². The summed E-state index contributed by atoms with van der Waals surface area (Å²) in [4.78, 5) is 24.5. The van der Waals surface area contributed by atoms with E-state index in [1.54, 1.807) is 6.07 Å². The summed E-state index contributed by atoms with van der Waals surface area (Å²) in [7, 11) is -3.78. The molecule has 0 aliphatic heterocycles. The summed E-state index contributed by atoms with van der Waals surface area (Å²) in [5.41, 5.74) is 6.63. The minimum atomic E-state index is -3.78. The van der Waals surface area contributed by atoms with Crippen LogP contribution < -0.4 is 20.3 Å². The number of hydrogen-bond acceptors (Lipinski definition) is 5. The van der Waals surface area contributed by atoms with Crippen molar-refractivity contribution in [3.05, 3.63) is 108 Å². The molecule has 0 fully saturated rings. The highest BCUT2D eigenvalue weighted by atomic mass is 32.2. The molecule has 176 valence electrons. The molecule has 0 radical (unpaired) electrons. The van der Waals surface area contributed by atoms with E-state index in [2.05, 4.69) is 22.2 Å². The van der Waals surface area contributed by atoms with Gasteiger partial charge in [-0.05, 0) is 35.4 Å². The second-order valence-electron chi connectivity index (χ2n) is 7.23. The highest BCUT2D eigenvalue weighted by Gasteiger charge is 2.16. The van der Waals surface area contributed by atoms with Gasteiger partial charge in [0, 0.05) is 18.5 Å². The molecule has 34 heavy (non-hydrogen) atoms. The van der Waals surface area contributed by atoms with Crippen molar-refractivity contribution in [1.29, 1.82) is 0 Å². The van der Waals surface area contributed by atoms with Gasteiger partial charge in [-0.3, -0.25) is 20.4 Å². The molecule has 3 N–H and O–H groups in total. The van der Waals surface area contributed by atoms with Gasteiger partial charge < -0.3 is 4.74 Å². The van der Waals surface area contributed by atoms with Crippen LogP contribution in [0, 0.1) is 0 Å². The Kier molecular flexibility index (Phi) is 8.55. The molecular formula is C25H25N3O5S. The van der Waals surface area contributed by atoms with Gasteiger partial charge in [0.1, 0.15) is 5.75 Å². The second kappa shape index (κ2) is 11.8. The van der Waals surface area contributed by atoms with Gasteiger partial charge in [0.25, 0.3) is 11.8 Å². The monoisotopic (exact) mass is 479 g/mol. The molecule has 3 aromatic rings. The van der Waals surface area contributed by atoms with Crippen molar-refractivity contribution in [1.82, 2.24) is 15.6 Å². The number of hydrogen-bond donors (Lipinski definition) is 3. The smallest absolute Gasteiger partial charge is 0.276 e. The molecule has 0 unspecified atom stereocenters. The fourth-order valence-electron chi connectivity index (χ4n) is 3.04. The van der Waals surface area contributed by atoms with Crippen LogP contribution in [0.5, 0.6) is 5.75 Å². The number of carbonyl (C=O) groups excluding carboxylic acids is 2. The molecule has 8 nitrogen and oxygen atoms in total. The topological polar surface area (TPSA) is 114 Å². The molecule has 0 saturated heterocycles. The molecule has 0 bridgehead atoms. The molecule has 0 aromatic heterocycles. The average Bonchev–Trinajstić information content (AvgIpc) is 2.86. The molecule has 0 atom stereocenters. The molecule has 0 heterocycles. The molecule has 3 rings (SSSR count). The standard InChI is InChI=1S/C25H25N3O5S/c1-2-15-26-34(31,32)22-13-8-12-21(17-22)25(30)28-27-24(29)18-33-23-14-7-6-11-20(23)16-19-9-4-3-5-10-19/h2-14,17,26H,1,15-16,18H2,(H,27,29)(H,28,30). The first-order valence-corrected chi connectivity index (χ1v) is 11.9. The van der Waals surface area contributed by atoms with Gasteiger partial charge in [-0.25, -0.2) is 13.1 Å². The Morgan fingerprint density at radius 3 is 2.41 bits per heavy atom. The van der Waals surface area contributed by atoms with Crippen molar-refractivity contribution in [2.45, 2.75) is 11.3 Å². The maximum absolute atomic E-state index is 12.4. The van der Waals surface area contributed by atoms with E-state index >= 15 is 0 Å². The Morgan fingerprint density at radius 1 is 0.912 bits per heavy atom. The summed E-state index contributed by atoms with van der Waals surface area (Å²) in [6.07, 6.45) is 2.06. The molecule has 9 heteroatoms. The maximum atomic E-state index is 12.4. The number of nitrogens with one attached hydrogen (secondary N) is 3. The van der Waals surface area contributed by atoms with Gasteiger partial charge >= 0.3 is 0 Å². The van der Waals surface area contributed by atoms with Crippen LogP contribution in [0.2, 0.25) is 0 Å². The third kappa shape index (κ3) is 7.03. The lowest BCUT2D eigenvalue weighted by atomic mass is 10.0. The van der Waals surface area contributed by atoms with Crippen LogP contribution in [0.25, 0.3) is 0 Å². The average molecular weight is 480 g/mol. The van der Waals surface area contributed by atoms with Crippen LogP contribution in [0.1, 0.15) is 21.5 Å². The lowest BCUT2D eigenvalue weighted by Crippen LogP contribution is -2.43. The van der Waals surface area contributed by atoms with Crippen molar-refractivity contribution in [2.24, 2.45) is 0 Å². The second-order valence-corrected chi connectivity index (χ2v) is 9.00. The van der Waals surface area contributed by atoms with Gasteiger partial charge in [0.2, 0.25) is 10.0 Å². The Bertz CT molecular complexity index is 1260. The summed E-state index contributed by atoms with van der Waals surface area (Å²) in [6.45, 7) is 3.21. The number of carbonyl (C=O) groups is 2. The number of amides is 2. The Balaban J connectivity index is 1.55. The number of ether oxygens (including phenoxy) is 1. The fraction of sp³-hybridized carbons (Fsp3) is 0.120. The summed E-state index contributed by atoms with van der Waals surface area (Å²) in [6, 6.07) is 22.7. The molecule has 0 aliphatic rings.